The summed E-state index contributed by atoms with van der Waals surface area (Å²) in [6.45, 7) is 2.00. The van der Waals surface area contributed by atoms with Crippen molar-refractivity contribution < 1.29 is 23.1 Å². The number of imidazole rings is 1. The minimum atomic E-state index is -4.40. The van der Waals surface area contributed by atoms with E-state index in [4.69, 9.17) is 0 Å². The highest BCUT2D eigenvalue weighted by Crippen LogP contribution is 2.31. The van der Waals surface area contributed by atoms with E-state index in [1.54, 1.807) is 10.6 Å². The average molecular weight is 449 g/mol. The van der Waals surface area contributed by atoms with Gasteiger partial charge in [0.1, 0.15) is 6.54 Å². The summed E-state index contributed by atoms with van der Waals surface area (Å²) in [5.41, 5.74) is 2.33. The minimum Gasteiger partial charge on any atom is -0.390 e. The molecule has 1 aromatic heterocycles. The third-order valence-corrected chi connectivity index (χ3v) is 5.66. The number of carbonyl (C=O) groups excluding carboxylic acids is 1. The first-order valence-electron chi connectivity index (χ1n) is 9.52. The number of thioether (sulfide) groups is 1. The Morgan fingerprint density at radius 3 is 2.58 bits per heavy atom. The van der Waals surface area contributed by atoms with Crippen LogP contribution in [0.1, 0.15) is 27.9 Å². The van der Waals surface area contributed by atoms with E-state index in [0.717, 1.165) is 23.3 Å². The maximum absolute atomic E-state index is 12.9. The third kappa shape index (κ3) is 6.35. The molecule has 31 heavy (non-hydrogen) atoms. The lowest BCUT2D eigenvalue weighted by molar-refractivity contribution is -0.137. The van der Waals surface area contributed by atoms with Crippen LogP contribution in [0.3, 0.4) is 0 Å². The monoisotopic (exact) mass is 449 g/mol. The highest BCUT2D eigenvalue weighted by Gasteiger charge is 2.30. The molecule has 0 atom stereocenters. The lowest BCUT2D eigenvalue weighted by Gasteiger charge is -2.12. The maximum atomic E-state index is 12.9. The summed E-state index contributed by atoms with van der Waals surface area (Å²) < 4.78 is 40.3. The van der Waals surface area contributed by atoms with Crippen molar-refractivity contribution in [3.8, 4) is 0 Å². The first-order chi connectivity index (χ1) is 14.8. The molecule has 0 saturated carbocycles. The summed E-state index contributed by atoms with van der Waals surface area (Å²) >= 11 is 1.21. The van der Waals surface area contributed by atoms with Gasteiger partial charge in [-0.2, -0.15) is 13.2 Å². The number of alkyl halides is 3. The third-order valence-electron chi connectivity index (χ3n) is 4.60. The van der Waals surface area contributed by atoms with Crippen LogP contribution < -0.4 is 5.32 Å². The van der Waals surface area contributed by atoms with Crippen LogP contribution in [0.5, 0.6) is 0 Å². The smallest absolute Gasteiger partial charge is 0.390 e. The highest BCUT2D eigenvalue weighted by atomic mass is 32.2. The van der Waals surface area contributed by atoms with Crippen LogP contribution in [0.15, 0.2) is 59.9 Å². The summed E-state index contributed by atoms with van der Waals surface area (Å²) in [7, 11) is 0. The first kappa shape index (κ1) is 22.9. The van der Waals surface area contributed by atoms with Crippen LogP contribution in [0.2, 0.25) is 0 Å². The highest BCUT2D eigenvalue weighted by molar-refractivity contribution is 7.98. The summed E-state index contributed by atoms with van der Waals surface area (Å²) in [6, 6.07) is 12.9. The van der Waals surface area contributed by atoms with Crippen molar-refractivity contribution in [1.29, 1.82) is 0 Å². The van der Waals surface area contributed by atoms with Gasteiger partial charge in [-0.25, -0.2) is 4.98 Å². The van der Waals surface area contributed by atoms with Gasteiger partial charge in [-0.3, -0.25) is 4.79 Å². The lowest BCUT2D eigenvalue weighted by atomic mass is 10.1. The number of hydrogen-bond acceptors (Lipinski definition) is 4. The van der Waals surface area contributed by atoms with Gasteiger partial charge >= 0.3 is 6.18 Å². The van der Waals surface area contributed by atoms with Gasteiger partial charge in [0.25, 0.3) is 0 Å². The van der Waals surface area contributed by atoms with Crippen LogP contribution >= 0.6 is 11.8 Å². The van der Waals surface area contributed by atoms with E-state index in [0.29, 0.717) is 23.0 Å². The zero-order valence-electron chi connectivity index (χ0n) is 16.8. The average Bonchev–Trinajstić information content (AvgIpc) is 3.13. The molecule has 3 aromatic rings. The Morgan fingerprint density at radius 2 is 1.90 bits per heavy atom. The number of hydrogen-bond donors (Lipinski definition) is 2. The van der Waals surface area contributed by atoms with E-state index in [2.05, 4.69) is 10.3 Å². The number of aliphatic hydroxyl groups excluding tert-OH is 1. The van der Waals surface area contributed by atoms with Crippen LogP contribution in [0, 0.1) is 6.92 Å². The van der Waals surface area contributed by atoms with Gasteiger partial charge < -0.3 is 15.0 Å². The van der Waals surface area contributed by atoms with Gasteiger partial charge in [0, 0.05) is 12.3 Å². The molecule has 0 radical (unpaired) electrons. The number of benzene rings is 2. The van der Waals surface area contributed by atoms with Crippen molar-refractivity contribution in [2.24, 2.45) is 0 Å². The van der Waals surface area contributed by atoms with Crippen molar-refractivity contribution in [1.82, 2.24) is 14.9 Å². The first-order valence-corrected chi connectivity index (χ1v) is 10.5. The SMILES string of the molecule is Cc1ccc(CNC(=O)Cn2c(CO)cnc2SCc2cccc(C(F)(F)F)c2)cc1. The van der Waals surface area contributed by atoms with E-state index in [9.17, 15) is 23.1 Å². The van der Waals surface area contributed by atoms with E-state index in [1.165, 1.54) is 24.0 Å². The lowest BCUT2D eigenvalue weighted by Crippen LogP contribution is -2.28. The molecule has 1 amide bonds. The van der Waals surface area contributed by atoms with E-state index in [1.807, 2.05) is 31.2 Å². The second kappa shape index (κ2) is 10.0. The molecule has 2 aromatic carbocycles. The Morgan fingerprint density at radius 1 is 1.16 bits per heavy atom. The summed E-state index contributed by atoms with van der Waals surface area (Å²) in [5, 5.41) is 12.8. The fourth-order valence-corrected chi connectivity index (χ4v) is 3.83. The van der Waals surface area contributed by atoms with Gasteiger partial charge in [-0.15, -0.1) is 0 Å². The fourth-order valence-electron chi connectivity index (χ4n) is 2.89. The number of amides is 1. The van der Waals surface area contributed by atoms with Crippen LogP contribution in [-0.2, 0) is 36.4 Å². The topological polar surface area (TPSA) is 67.2 Å². The molecular weight excluding hydrogens is 427 g/mol. The Balaban J connectivity index is 1.64. The normalized spacial score (nSPS) is 11.5. The molecule has 3 rings (SSSR count). The van der Waals surface area contributed by atoms with Crippen LogP contribution in [0.25, 0.3) is 0 Å². The number of halogens is 3. The molecule has 0 fully saturated rings. The molecule has 0 saturated heterocycles. The molecule has 0 aliphatic carbocycles. The number of aliphatic hydroxyl groups is 1. The summed E-state index contributed by atoms with van der Waals surface area (Å²) in [5.74, 6) is -0.00856. The quantitative estimate of drug-likeness (QED) is 0.503. The number of rotatable bonds is 8. The molecular formula is C22H22F3N3O2S. The van der Waals surface area contributed by atoms with Crippen molar-refractivity contribution in [2.45, 2.75) is 43.7 Å². The molecule has 0 aliphatic rings. The molecule has 0 bridgehead atoms. The van der Waals surface area contributed by atoms with Crippen molar-refractivity contribution in [2.75, 3.05) is 0 Å². The van der Waals surface area contributed by atoms with Crippen molar-refractivity contribution >= 4 is 17.7 Å². The molecule has 164 valence electrons. The molecule has 0 aliphatic heterocycles. The summed E-state index contributed by atoms with van der Waals surface area (Å²) in [4.78, 5) is 16.6. The zero-order chi connectivity index (χ0) is 22.4. The predicted octanol–water partition coefficient (Wildman–Crippen LogP) is 4.31. The second-order valence-corrected chi connectivity index (χ2v) is 7.97. The Hall–Kier alpha value is -2.78. The standard InChI is InChI=1S/C22H22F3N3O2S/c1-15-5-7-16(8-6-15)10-26-20(30)12-28-19(13-29)11-27-21(28)31-14-17-3-2-4-18(9-17)22(23,24)25/h2-9,11,29H,10,12-14H2,1H3,(H,26,30). The van der Waals surface area contributed by atoms with Gasteiger partial charge in [-0.1, -0.05) is 59.8 Å². The predicted molar refractivity (Wildman–Crippen MR) is 112 cm³/mol. The van der Waals surface area contributed by atoms with Gasteiger partial charge in [0.15, 0.2) is 5.16 Å². The fraction of sp³-hybridized carbons (Fsp3) is 0.273. The Kier molecular flexibility index (Phi) is 7.40. The number of nitrogens with one attached hydrogen (secondary N) is 1. The van der Waals surface area contributed by atoms with E-state index in [-0.39, 0.29) is 24.8 Å². The number of aryl methyl sites for hydroxylation is 1. The van der Waals surface area contributed by atoms with Crippen molar-refractivity contribution in [3.05, 3.63) is 82.7 Å². The maximum Gasteiger partial charge on any atom is 0.416 e. The number of aromatic nitrogens is 2. The van der Waals surface area contributed by atoms with E-state index >= 15 is 0 Å². The molecule has 5 nitrogen and oxygen atoms in total. The van der Waals surface area contributed by atoms with Gasteiger partial charge in [0.05, 0.1) is 24.1 Å². The van der Waals surface area contributed by atoms with Crippen LogP contribution in [-0.4, -0.2) is 20.6 Å². The Labute approximate surface area is 182 Å². The molecule has 0 unspecified atom stereocenters. The van der Waals surface area contributed by atoms with Crippen molar-refractivity contribution in [3.63, 3.8) is 0 Å². The second-order valence-electron chi connectivity index (χ2n) is 7.03. The zero-order valence-corrected chi connectivity index (χ0v) is 17.6. The number of carbonyl (C=O) groups is 1. The molecule has 2 N–H and O–H groups in total. The van der Waals surface area contributed by atoms with E-state index < -0.39 is 11.7 Å². The number of nitrogens with zero attached hydrogens (tertiary/aromatic N) is 2. The van der Waals surface area contributed by atoms with Gasteiger partial charge in [-0.05, 0) is 24.1 Å². The Bertz CT molecular complexity index is 1030. The summed E-state index contributed by atoms with van der Waals surface area (Å²) in [6.07, 6.45) is -2.94. The van der Waals surface area contributed by atoms with Gasteiger partial charge in [0.2, 0.25) is 5.91 Å². The molecule has 0 spiro atoms. The minimum absolute atomic E-state index is 0.0489. The largest absolute Gasteiger partial charge is 0.416 e. The molecule has 9 heteroatoms. The van der Waals surface area contributed by atoms with Crippen LogP contribution in [0.4, 0.5) is 13.2 Å². The molecule has 1 heterocycles.